The summed E-state index contributed by atoms with van der Waals surface area (Å²) in [5.74, 6) is 0.630. The van der Waals surface area contributed by atoms with Crippen molar-refractivity contribution in [2.75, 3.05) is 5.88 Å². The smallest absolute Gasteiger partial charge is 0.151 e. The number of pyridine rings is 1. The van der Waals surface area contributed by atoms with Crippen molar-refractivity contribution in [3.05, 3.63) is 35.3 Å². The molecule has 2 unspecified atom stereocenters. The first-order valence-electron chi connectivity index (χ1n) is 6.15. The van der Waals surface area contributed by atoms with Crippen LogP contribution in [0.1, 0.15) is 29.3 Å². The number of ketones is 1. The van der Waals surface area contributed by atoms with Crippen LogP contribution in [-0.4, -0.2) is 21.0 Å². The number of hydrogen-bond acceptors (Lipinski definition) is 2. The van der Waals surface area contributed by atoms with Gasteiger partial charge in [-0.2, -0.15) is 0 Å². The van der Waals surface area contributed by atoms with Gasteiger partial charge in [0.05, 0.1) is 11.6 Å². The molecule has 0 amide bonds. The number of aryl methyl sites for hydroxylation is 2. The van der Waals surface area contributed by atoms with E-state index in [9.17, 15) is 4.79 Å². The number of carbonyl (C=O) groups is 1. The van der Waals surface area contributed by atoms with Gasteiger partial charge in [0.25, 0.3) is 0 Å². The molecule has 0 saturated heterocycles. The topological polar surface area (TPSA) is 34.4 Å². The second-order valence-corrected chi connectivity index (χ2v) is 5.33. The third-order valence-corrected chi connectivity index (χ3v) is 4.01. The van der Waals surface area contributed by atoms with Gasteiger partial charge in [0.1, 0.15) is 5.65 Å². The molecule has 0 aliphatic heterocycles. The van der Waals surface area contributed by atoms with Gasteiger partial charge in [-0.25, -0.2) is 4.98 Å². The normalized spacial score (nSPS) is 22.4. The molecule has 2 atom stereocenters. The Hall–Kier alpha value is -1.35. The number of carbonyl (C=O) groups excluding carboxylic acids is 1. The Morgan fingerprint density at radius 3 is 3.06 bits per heavy atom. The molecule has 4 heteroatoms. The molecule has 0 N–H and O–H groups in total. The number of Topliss-reactive ketones (excluding diaryl/α,β-unsaturated/α-hetero) is 1. The van der Waals surface area contributed by atoms with Crippen molar-refractivity contribution < 1.29 is 4.79 Å². The van der Waals surface area contributed by atoms with Gasteiger partial charge in [0.2, 0.25) is 0 Å². The molecule has 1 aliphatic rings. The lowest BCUT2D eigenvalue weighted by molar-refractivity contribution is -0.117. The quantitative estimate of drug-likeness (QED) is 0.797. The number of halogens is 1. The van der Waals surface area contributed by atoms with Gasteiger partial charge in [0.15, 0.2) is 5.78 Å². The Balaban J connectivity index is 1.99. The fourth-order valence-corrected chi connectivity index (χ4v) is 2.79. The number of rotatable bonds is 3. The number of aromatic nitrogens is 2. The molecule has 1 saturated carbocycles. The summed E-state index contributed by atoms with van der Waals surface area (Å²) >= 11 is 5.60. The standard InChI is InChI=1S/C14H15ClN2O/c1-8-3-4-17-9(2)14(16-13(17)5-8)11-6-10(11)12(18)7-15/h3-5,10-11H,6-7H2,1-2H3. The van der Waals surface area contributed by atoms with Gasteiger partial charge < -0.3 is 4.40 Å². The summed E-state index contributed by atoms with van der Waals surface area (Å²) in [6.07, 6.45) is 2.94. The van der Waals surface area contributed by atoms with Crippen molar-refractivity contribution in [2.24, 2.45) is 5.92 Å². The molecule has 2 aromatic rings. The molecule has 3 rings (SSSR count). The van der Waals surface area contributed by atoms with Gasteiger partial charge in [-0.3, -0.25) is 4.79 Å². The molecule has 3 nitrogen and oxygen atoms in total. The predicted molar refractivity (Wildman–Crippen MR) is 71.2 cm³/mol. The molecule has 0 bridgehead atoms. The molecule has 2 aromatic heterocycles. The second kappa shape index (κ2) is 4.09. The number of alkyl halides is 1. The van der Waals surface area contributed by atoms with E-state index >= 15 is 0 Å². The van der Waals surface area contributed by atoms with Crippen LogP contribution in [0.5, 0.6) is 0 Å². The minimum Gasteiger partial charge on any atom is -0.304 e. The highest BCUT2D eigenvalue weighted by molar-refractivity contribution is 6.28. The zero-order valence-corrected chi connectivity index (χ0v) is 11.2. The van der Waals surface area contributed by atoms with Crippen molar-refractivity contribution in [2.45, 2.75) is 26.2 Å². The molecule has 18 heavy (non-hydrogen) atoms. The summed E-state index contributed by atoms with van der Waals surface area (Å²) < 4.78 is 2.09. The first kappa shape index (κ1) is 11.7. The van der Waals surface area contributed by atoms with E-state index in [2.05, 4.69) is 35.4 Å². The molecule has 0 spiro atoms. The average molecular weight is 263 g/mol. The van der Waals surface area contributed by atoms with E-state index in [4.69, 9.17) is 11.6 Å². The van der Waals surface area contributed by atoms with E-state index in [0.717, 1.165) is 23.5 Å². The lowest BCUT2D eigenvalue weighted by atomic mass is 10.1. The van der Waals surface area contributed by atoms with E-state index in [-0.39, 0.29) is 23.5 Å². The van der Waals surface area contributed by atoms with Crippen LogP contribution in [0.25, 0.3) is 5.65 Å². The van der Waals surface area contributed by atoms with Gasteiger partial charge >= 0.3 is 0 Å². The lowest BCUT2D eigenvalue weighted by Crippen LogP contribution is -2.03. The minimum atomic E-state index is 0.0900. The summed E-state index contributed by atoms with van der Waals surface area (Å²) in [4.78, 5) is 16.2. The summed E-state index contributed by atoms with van der Waals surface area (Å²) in [5, 5.41) is 0. The largest absolute Gasteiger partial charge is 0.304 e. The van der Waals surface area contributed by atoms with Gasteiger partial charge in [-0.15, -0.1) is 11.6 Å². The Bertz CT molecular complexity index is 632. The zero-order valence-electron chi connectivity index (χ0n) is 10.5. The van der Waals surface area contributed by atoms with Gasteiger partial charge in [0, 0.05) is 23.7 Å². The van der Waals surface area contributed by atoms with Crippen LogP contribution in [0, 0.1) is 19.8 Å². The van der Waals surface area contributed by atoms with Crippen LogP contribution < -0.4 is 0 Å². The van der Waals surface area contributed by atoms with Gasteiger partial charge in [-0.1, -0.05) is 0 Å². The second-order valence-electron chi connectivity index (χ2n) is 5.06. The summed E-state index contributed by atoms with van der Waals surface area (Å²) in [6, 6.07) is 4.14. The van der Waals surface area contributed by atoms with E-state index in [1.807, 2.05) is 6.20 Å². The van der Waals surface area contributed by atoms with Crippen LogP contribution in [0.3, 0.4) is 0 Å². The molecular formula is C14H15ClN2O. The molecule has 0 radical (unpaired) electrons. The molecule has 94 valence electrons. The van der Waals surface area contributed by atoms with E-state index < -0.39 is 0 Å². The van der Waals surface area contributed by atoms with Crippen molar-refractivity contribution in [1.29, 1.82) is 0 Å². The van der Waals surface area contributed by atoms with Crippen molar-refractivity contribution >= 4 is 23.0 Å². The number of hydrogen-bond donors (Lipinski definition) is 0. The highest BCUT2D eigenvalue weighted by Crippen LogP contribution is 2.48. The van der Waals surface area contributed by atoms with Crippen LogP contribution in [0.4, 0.5) is 0 Å². The zero-order chi connectivity index (χ0) is 12.9. The van der Waals surface area contributed by atoms with Crippen LogP contribution >= 0.6 is 11.6 Å². The molecule has 1 fully saturated rings. The first-order valence-corrected chi connectivity index (χ1v) is 6.69. The van der Waals surface area contributed by atoms with E-state index in [0.29, 0.717) is 0 Å². The number of nitrogens with zero attached hydrogens (tertiary/aromatic N) is 2. The van der Waals surface area contributed by atoms with Crippen molar-refractivity contribution in [3.63, 3.8) is 0 Å². The highest BCUT2D eigenvalue weighted by atomic mass is 35.5. The molecule has 1 aliphatic carbocycles. The monoisotopic (exact) mass is 262 g/mol. The Labute approximate surface area is 111 Å². The minimum absolute atomic E-state index is 0.0900. The third kappa shape index (κ3) is 1.74. The Morgan fingerprint density at radius 1 is 1.56 bits per heavy atom. The maximum absolute atomic E-state index is 11.6. The highest BCUT2D eigenvalue weighted by Gasteiger charge is 2.45. The molecule has 2 heterocycles. The summed E-state index contributed by atoms with van der Waals surface area (Å²) in [5.41, 5.74) is 4.36. The molecular weight excluding hydrogens is 248 g/mol. The van der Waals surface area contributed by atoms with Crippen molar-refractivity contribution in [3.8, 4) is 0 Å². The number of imidazole rings is 1. The SMILES string of the molecule is Cc1ccn2c(C)c(C3CC3C(=O)CCl)nc2c1. The summed E-state index contributed by atoms with van der Waals surface area (Å²) in [6.45, 7) is 4.12. The van der Waals surface area contributed by atoms with Crippen LogP contribution in [0.2, 0.25) is 0 Å². The van der Waals surface area contributed by atoms with Crippen LogP contribution in [0.15, 0.2) is 18.3 Å². The lowest BCUT2D eigenvalue weighted by Gasteiger charge is -1.98. The predicted octanol–water partition coefficient (Wildman–Crippen LogP) is 2.86. The fourth-order valence-electron chi connectivity index (χ4n) is 2.59. The average Bonchev–Trinajstić information content (AvgIpc) is 3.08. The summed E-state index contributed by atoms with van der Waals surface area (Å²) in [7, 11) is 0. The first-order chi connectivity index (χ1) is 8.61. The molecule has 0 aromatic carbocycles. The van der Waals surface area contributed by atoms with Crippen molar-refractivity contribution in [1.82, 2.24) is 9.38 Å². The maximum Gasteiger partial charge on any atom is 0.151 e. The number of fused-ring (bicyclic) bond motifs is 1. The van der Waals surface area contributed by atoms with Crippen LogP contribution in [-0.2, 0) is 4.79 Å². The Kier molecular flexibility index (Phi) is 2.67. The third-order valence-electron chi connectivity index (χ3n) is 3.74. The van der Waals surface area contributed by atoms with E-state index in [1.165, 1.54) is 5.56 Å². The maximum atomic E-state index is 11.6. The van der Waals surface area contributed by atoms with Gasteiger partial charge in [-0.05, 0) is 38.0 Å². The Morgan fingerprint density at radius 2 is 2.33 bits per heavy atom. The van der Waals surface area contributed by atoms with E-state index in [1.54, 1.807) is 0 Å². The fraction of sp³-hybridized carbons (Fsp3) is 0.429.